The topological polar surface area (TPSA) is 106 Å². The van der Waals surface area contributed by atoms with E-state index in [0.717, 1.165) is 5.56 Å². The van der Waals surface area contributed by atoms with E-state index in [4.69, 9.17) is 9.47 Å². The van der Waals surface area contributed by atoms with Gasteiger partial charge in [0.15, 0.2) is 5.96 Å². The molecule has 0 spiro atoms. The monoisotopic (exact) mass is 399 g/mol. The van der Waals surface area contributed by atoms with E-state index in [-0.39, 0.29) is 11.8 Å². The second-order valence-corrected chi connectivity index (χ2v) is 8.45. The maximum absolute atomic E-state index is 11.9. The van der Waals surface area contributed by atoms with Gasteiger partial charge in [0.05, 0.1) is 26.5 Å². The summed E-state index contributed by atoms with van der Waals surface area (Å²) in [6.07, 6.45) is 1.71. The highest BCUT2D eigenvalue weighted by molar-refractivity contribution is 7.90. The quantitative estimate of drug-likeness (QED) is 0.367. The van der Waals surface area contributed by atoms with Crippen LogP contribution in [0.1, 0.15) is 36.2 Å². The lowest BCUT2D eigenvalue weighted by Gasteiger charge is -2.17. The van der Waals surface area contributed by atoms with Gasteiger partial charge in [-0.05, 0) is 38.0 Å². The van der Waals surface area contributed by atoms with E-state index in [1.807, 2.05) is 19.9 Å². The Kier molecular flexibility index (Phi) is 9.07. The molecule has 8 nitrogen and oxygen atoms in total. The minimum Gasteiger partial charge on any atom is -0.496 e. The summed E-state index contributed by atoms with van der Waals surface area (Å²) >= 11 is 0. The molecule has 0 aliphatic rings. The average molecular weight is 400 g/mol. The molecule has 1 aromatic carbocycles. The number of benzene rings is 1. The third-order valence-corrected chi connectivity index (χ3v) is 4.72. The van der Waals surface area contributed by atoms with Crippen LogP contribution < -0.4 is 15.4 Å². The van der Waals surface area contributed by atoms with Gasteiger partial charge in [0.1, 0.15) is 21.2 Å². The Morgan fingerprint density at radius 3 is 2.56 bits per heavy atom. The van der Waals surface area contributed by atoms with E-state index >= 15 is 0 Å². The van der Waals surface area contributed by atoms with Crippen molar-refractivity contribution in [1.82, 2.24) is 10.6 Å². The Labute approximate surface area is 161 Å². The highest BCUT2D eigenvalue weighted by Gasteiger charge is 2.14. The van der Waals surface area contributed by atoms with Crippen LogP contribution in [0.2, 0.25) is 0 Å². The summed E-state index contributed by atoms with van der Waals surface area (Å²) in [6.45, 7) is 4.85. The summed E-state index contributed by atoms with van der Waals surface area (Å²) in [5.74, 6) is 0.654. The maximum Gasteiger partial charge on any atom is 0.341 e. The molecule has 1 aromatic rings. The summed E-state index contributed by atoms with van der Waals surface area (Å²) in [6, 6.07) is 5.15. The lowest BCUT2D eigenvalue weighted by atomic mass is 10.1. The Hall–Kier alpha value is -2.29. The largest absolute Gasteiger partial charge is 0.496 e. The number of hydrogen-bond donors (Lipinski definition) is 2. The Morgan fingerprint density at radius 1 is 1.30 bits per heavy atom. The molecule has 1 atom stereocenters. The lowest BCUT2D eigenvalue weighted by molar-refractivity contribution is 0.0597. The van der Waals surface area contributed by atoms with Gasteiger partial charge < -0.3 is 20.1 Å². The van der Waals surface area contributed by atoms with Gasteiger partial charge in [-0.1, -0.05) is 6.07 Å². The van der Waals surface area contributed by atoms with E-state index in [9.17, 15) is 13.2 Å². The molecule has 0 aliphatic carbocycles. The number of rotatable bonds is 9. The van der Waals surface area contributed by atoms with Gasteiger partial charge >= 0.3 is 5.97 Å². The molecule has 0 bridgehead atoms. The molecule has 0 saturated heterocycles. The smallest absolute Gasteiger partial charge is 0.341 e. The van der Waals surface area contributed by atoms with Gasteiger partial charge in [-0.25, -0.2) is 18.2 Å². The average Bonchev–Trinajstić information content (AvgIpc) is 2.63. The van der Waals surface area contributed by atoms with Crippen LogP contribution in [0.15, 0.2) is 23.2 Å². The normalized spacial score (nSPS) is 13.0. The predicted octanol–water partition coefficient (Wildman–Crippen LogP) is 1.36. The van der Waals surface area contributed by atoms with Gasteiger partial charge in [0.2, 0.25) is 0 Å². The number of ether oxygens (including phenoxy) is 2. The number of aliphatic imine (C=N–C) groups is 1. The maximum atomic E-state index is 11.9. The van der Waals surface area contributed by atoms with Crippen LogP contribution in [0, 0.1) is 0 Å². The summed E-state index contributed by atoms with van der Waals surface area (Å²) in [7, 11) is -0.193. The standard InChI is InChI=1S/C18H29N3O5S/c1-6-19-18(21-13(2)9-10-27(5,23)24)20-12-14-7-8-16(25-3)15(11-14)17(22)26-4/h7-8,11,13H,6,9-10,12H2,1-5H3,(H2,19,20,21). The molecule has 1 unspecified atom stereocenters. The number of methoxy groups -OCH3 is 2. The summed E-state index contributed by atoms with van der Waals surface area (Å²) < 4.78 is 32.6. The van der Waals surface area contributed by atoms with Crippen molar-refractivity contribution in [2.75, 3.05) is 32.8 Å². The van der Waals surface area contributed by atoms with Gasteiger partial charge in [0.25, 0.3) is 0 Å². The fourth-order valence-electron chi connectivity index (χ4n) is 2.31. The van der Waals surface area contributed by atoms with Crippen molar-refractivity contribution in [2.24, 2.45) is 4.99 Å². The summed E-state index contributed by atoms with van der Waals surface area (Å²) in [5, 5.41) is 6.32. The van der Waals surface area contributed by atoms with Crippen LogP contribution in [0.4, 0.5) is 0 Å². The van der Waals surface area contributed by atoms with Crippen LogP contribution in [0.25, 0.3) is 0 Å². The third kappa shape index (κ3) is 8.29. The van der Waals surface area contributed by atoms with Crippen LogP contribution in [0.3, 0.4) is 0 Å². The van der Waals surface area contributed by atoms with E-state index < -0.39 is 15.8 Å². The van der Waals surface area contributed by atoms with E-state index in [0.29, 0.717) is 36.8 Å². The number of hydrogen-bond acceptors (Lipinski definition) is 6. The second-order valence-electron chi connectivity index (χ2n) is 6.19. The first-order valence-electron chi connectivity index (χ1n) is 8.68. The molecule has 0 fully saturated rings. The van der Waals surface area contributed by atoms with Gasteiger partial charge in [-0.15, -0.1) is 0 Å². The number of esters is 1. The summed E-state index contributed by atoms with van der Waals surface area (Å²) in [4.78, 5) is 16.4. The highest BCUT2D eigenvalue weighted by Crippen LogP contribution is 2.21. The lowest BCUT2D eigenvalue weighted by Crippen LogP contribution is -2.42. The first kappa shape index (κ1) is 22.8. The molecule has 27 heavy (non-hydrogen) atoms. The zero-order chi connectivity index (χ0) is 20.4. The minimum absolute atomic E-state index is 0.0565. The molecule has 0 aliphatic heterocycles. The number of nitrogens with one attached hydrogen (secondary N) is 2. The van der Waals surface area contributed by atoms with Crippen LogP contribution in [-0.2, 0) is 21.1 Å². The minimum atomic E-state index is -3.00. The molecule has 152 valence electrons. The van der Waals surface area contributed by atoms with Crippen molar-refractivity contribution in [1.29, 1.82) is 0 Å². The zero-order valence-corrected chi connectivity index (χ0v) is 17.4. The van der Waals surface area contributed by atoms with Crippen molar-refractivity contribution >= 4 is 21.8 Å². The van der Waals surface area contributed by atoms with E-state index in [1.54, 1.807) is 12.1 Å². The fraction of sp³-hybridized carbons (Fsp3) is 0.556. The van der Waals surface area contributed by atoms with Crippen molar-refractivity contribution in [2.45, 2.75) is 32.9 Å². The molecular formula is C18H29N3O5S. The van der Waals surface area contributed by atoms with Crippen LogP contribution >= 0.6 is 0 Å². The van der Waals surface area contributed by atoms with Crippen molar-refractivity contribution in [3.63, 3.8) is 0 Å². The van der Waals surface area contributed by atoms with Gasteiger partial charge in [0, 0.05) is 18.8 Å². The first-order chi connectivity index (χ1) is 12.7. The molecule has 0 amide bonds. The molecule has 0 heterocycles. The summed E-state index contributed by atoms with van der Waals surface area (Å²) in [5.41, 5.74) is 1.16. The number of carbonyl (C=O) groups excluding carboxylic acids is 1. The van der Waals surface area contributed by atoms with Crippen molar-refractivity contribution in [3.8, 4) is 5.75 Å². The number of carbonyl (C=O) groups is 1. The van der Waals surface area contributed by atoms with Crippen molar-refractivity contribution in [3.05, 3.63) is 29.3 Å². The number of nitrogens with zero attached hydrogens (tertiary/aromatic N) is 1. The number of sulfone groups is 1. The first-order valence-corrected chi connectivity index (χ1v) is 10.7. The van der Waals surface area contributed by atoms with Gasteiger partial charge in [-0.2, -0.15) is 0 Å². The van der Waals surface area contributed by atoms with Gasteiger partial charge in [-0.3, -0.25) is 0 Å². The fourth-order valence-corrected chi connectivity index (χ4v) is 3.09. The number of guanidine groups is 1. The SMILES string of the molecule is CCNC(=NCc1ccc(OC)c(C(=O)OC)c1)NC(C)CCS(C)(=O)=O. The molecule has 2 N–H and O–H groups in total. The Bertz CT molecular complexity index is 762. The zero-order valence-electron chi connectivity index (χ0n) is 16.5. The van der Waals surface area contributed by atoms with Crippen LogP contribution in [-0.4, -0.2) is 59.2 Å². The predicted molar refractivity (Wildman–Crippen MR) is 106 cm³/mol. The Morgan fingerprint density at radius 2 is 2.00 bits per heavy atom. The highest BCUT2D eigenvalue weighted by atomic mass is 32.2. The second kappa shape index (κ2) is 10.8. The molecular weight excluding hydrogens is 370 g/mol. The molecule has 0 aromatic heterocycles. The van der Waals surface area contributed by atoms with Crippen LogP contribution in [0.5, 0.6) is 5.75 Å². The molecule has 9 heteroatoms. The Balaban J connectivity index is 2.86. The van der Waals surface area contributed by atoms with Crippen molar-refractivity contribution < 1.29 is 22.7 Å². The van der Waals surface area contributed by atoms with E-state index in [1.165, 1.54) is 20.5 Å². The molecule has 0 saturated carbocycles. The molecule has 0 radical (unpaired) electrons. The third-order valence-electron chi connectivity index (χ3n) is 3.74. The van der Waals surface area contributed by atoms with E-state index in [2.05, 4.69) is 15.6 Å². The molecule has 1 rings (SSSR count).